The molecular formula is C15H26N4O4. The third kappa shape index (κ3) is 5.47. The molecule has 2 heterocycles. The minimum Gasteiger partial charge on any atom is -0.373 e. The second kappa shape index (κ2) is 8.26. The lowest BCUT2D eigenvalue weighted by molar-refractivity contribution is -0.146. The molecule has 2 fully saturated rings. The number of piperidine rings is 1. The molecule has 2 saturated heterocycles. The van der Waals surface area contributed by atoms with E-state index in [0.717, 1.165) is 12.8 Å². The smallest absolute Gasteiger partial charge is 0.242 e. The molecule has 2 rings (SSSR count). The normalized spacial score (nSPS) is 22.5. The fourth-order valence-electron chi connectivity index (χ4n) is 3.03. The maximum absolute atomic E-state index is 12.4. The maximum atomic E-state index is 12.4. The number of morpholine rings is 1. The SMILES string of the molecule is CN(CC(N)=O)C[C@@H]1CN(C(=O)CN2CCCCC2=O)CCO1. The predicted octanol–water partition coefficient (Wildman–Crippen LogP) is -1.36. The molecule has 2 N–H and O–H groups in total. The first-order chi connectivity index (χ1) is 11.0. The van der Waals surface area contributed by atoms with Crippen LogP contribution in [0.4, 0.5) is 0 Å². The lowest BCUT2D eigenvalue weighted by Crippen LogP contribution is -2.52. The van der Waals surface area contributed by atoms with Crippen LogP contribution in [0.3, 0.4) is 0 Å². The van der Waals surface area contributed by atoms with Crippen LogP contribution in [0.5, 0.6) is 0 Å². The first kappa shape index (κ1) is 17.7. The van der Waals surface area contributed by atoms with Crippen molar-refractivity contribution < 1.29 is 19.1 Å². The molecule has 2 aliphatic rings. The average molecular weight is 326 g/mol. The van der Waals surface area contributed by atoms with Gasteiger partial charge in [0.05, 0.1) is 25.8 Å². The van der Waals surface area contributed by atoms with Crippen molar-refractivity contribution in [3.05, 3.63) is 0 Å². The first-order valence-corrected chi connectivity index (χ1v) is 8.09. The van der Waals surface area contributed by atoms with Crippen LogP contribution in [0.2, 0.25) is 0 Å². The van der Waals surface area contributed by atoms with Crippen molar-refractivity contribution in [2.75, 3.05) is 52.9 Å². The van der Waals surface area contributed by atoms with E-state index in [1.807, 2.05) is 0 Å². The molecule has 0 aliphatic carbocycles. The van der Waals surface area contributed by atoms with Gasteiger partial charge in [-0.05, 0) is 19.9 Å². The number of hydrogen-bond acceptors (Lipinski definition) is 5. The summed E-state index contributed by atoms with van der Waals surface area (Å²) in [6, 6.07) is 0. The summed E-state index contributed by atoms with van der Waals surface area (Å²) in [5, 5.41) is 0. The fraction of sp³-hybridized carbons (Fsp3) is 0.800. The molecule has 0 unspecified atom stereocenters. The molecule has 130 valence electrons. The Morgan fingerprint density at radius 2 is 2.13 bits per heavy atom. The molecule has 2 aliphatic heterocycles. The number of primary amides is 1. The van der Waals surface area contributed by atoms with Crippen molar-refractivity contribution in [3.8, 4) is 0 Å². The number of hydrogen-bond donors (Lipinski definition) is 1. The Bertz CT molecular complexity index is 457. The van der Waals surface area contributed by atoms with Crippen molar-refractivity contribution in [2.24, 2.45) is 5.73 Å². The van der Waals surface area contributed by atoms with Crippen LogP contribution in [0.1, 0.15) is 19.3 Å². The van der Waals surface area contributed by atoms with Crippen LogP contribution in [0, 0.1) is 0 Å². The van der Waals surface area contributed by atoms with E-state index in [4.69, 9.17) is 10.5 Å². The van der Waals surface area contributed by atoms with Crippen molar-refractivity contribution in [3.63, 3.8) is 0 Å². The molecule has 1 atom stereocenters. The molecule has 3 amide bonds. The number of carbonyl (C=O) groups excluding carboxylic acids is 3. The summed E-state index contributed by atoms with van der Waals surface area (Å²) >= 11 is 0. The first-order valence-electron chi connectivity index (χ1n) is 8.09. The van der Waals surface area contributed by atoms with Crippen LogP contribution >= 0.6 is 0 Å². The zero-order valence-corrected chi connectivity index (χ0v) is 13.7. The number of nitrogens with zero attached hydrogens (tertiary/aromatic N) is 3. The second-order valence-corrected chi connectivity index (χ2v) is 6.27. The van der Waals surface area contributed by atoms with Gasteiger partial charge < -0.3 is 20.3 Å². The van der Waals surface area contributed by atoms with E-state index >= 15 is 0 Å². The van der Waals surface area contributed by atoms with Crippen molar-refractivity contribution in [2.45, 2.75) is 25.4 Å². The molecule has 0 aromatic rings. The Balaban J connectivity index is 1.81. The zero-order valence-electron chi connectivity index (χ0n) is 13.7. The Hall–Kier alpha value is -1.67. The fourth-order valence-corrected chi connectivity index (χ4v) is 3.03. The molecule has 0 spiro atoms. The molecule has 8 heteroatoms. The molecular weight excluding hydrogens is 300 g/mol. The minimum absolute atomic E-state index is 0.0360. The van der Waals surface area contributed by atoms with Gasteiger partial charge in [-0.3, -0.25) is 19.3 Å². The Labute approximate surface area is 136 Å². The molecule has 0 aromatic heterocycles. The predicted molar refractivity (Wildman–Crippen MR) is 83.4 cm³/mol. The maximum Gasteiger partial charge on any atom is 0.242 e. The van der Waals surface area contributed by atoms with E-state index in [1.165, 1.54) is 0 Å². The van der Waals surface area contributed by atoms with Crippen molar-refractivity contribution in [1.82, 2.24) is 14.7 Å². The second-order valence-electron chi connectivity index (χ2n) is 6.27. The quantitative estimate of drug-likeness (QED) is 0.650. The minimum atomic E-state index is -0.389. The van der Waals surface area contributed by atoms with Gasteiger partial charge in [0, 0.05) is 32.6 Å². The highest BCUT2D eigenvalue weighted by molar-refractivity contribution is 5.85. The lowest BCUT2D eigenvalue weighted by atomic mass is 10.1. The molecule has 8 nitrogen and oxygen atoms in total. The summed E-state index contributed by atoms with van der Waals surface area (Å²) in [6.45, 7) is 3.00. The van der Waals surface area contributed by atoms with Crippen LogP contribution in [0.15, 0.2) is 0 Å². The van der Waals surface area contributed by atoms with E-state index in [2.05, 4.69) is 0 Å². The summed E-state index contributed by atoms with van der Waals surface area (Å²) in [5.74, 6) is -0.360. The average Bonchev–Trinajstić information content (AvgIpc) is 2.49. The molecule has 0 saturated carbocycles. The van der Waals surface area contributed by atoms with Gasteiger partial charge in [-0.2, -0.15) is 0 Å². The highest BCUT2D eigenvalue weighted by Gasteiger charge is 2.28. The molecule has 0 radical (unpaired) electrons. The third-order valence-corrected chi connectivity index (χ3v) is 4.18. The van der Waals surface area contributed by atoms with Gasteiger partial charge >= 0.3 is 0 Å². The van der Waals surface area contributed by atoms with E-state index in [0.29, 0.717) is 39.2 Å². The summed E-state index contributed by atoms with van der Waals surface area (Å²) in [4.78, 5) is 40.3. The number of carbonyl (C=O) groups is 3. The van der Waals surface area contributed by atoms with Crippen LogP contribution in [-0.2, 0) is 19.1 Å². The lowest BCUT2D eigenvalue weighted by Gasteiger charge is -2.36. The Morgan fingerprint density at radius 3 is 2.83 bits per heavy atom. The summed E-state index contributed by atoms with van der Waals surface area (Å²) in [5.41, 5.74) is 5.17. The highest BCUT2D eigenvalue weighted by atomic mass is 16.5. The third-order valence-electron chi connectivity index (χ3n) is 4.18. The number of likely N-dealkylation sites (tertiary alicyclic amines) is 1. The summed E-state index contributed by atoms with van der Waals surface area (Å²) in [7, 11) is 1.79. The van der Waals surface area contributed by atoms with Gasteiger partial charge in [0.2, 0.25) is 17.7 Å². The van der Waals surface area contributed by atoms with Crippen LogP contribution < -0.4 is 5.73 Å². The van der Waals surface area contributed by atoms with Gasteiger partial charge in [0.1, 0.15) is 0 Å². The zero-order chi connectivity index (χ0) is 16.8. The Kier molecular flexibility index (Phi) is 6.35. The molecule has 0 aromatic carbocycles. The van der Waals surface area contributed by atoms with E-state index < -0.39 is 0 Å². The molecule has 23 heavy (non-hydrogen) atoms. The van der Waals surface area contributed by atoms with Gasteiger partial charge in [-0.1, -0.05) is 0 Å². The summed E-state index contributed by atoms with van der Waals surface area (Å²) in [6.07, 6.45) is 2.27. The van der Waals surface area contributed by atoms with Gasteiger partial charge in [0.25, 0.3) is 0 Å². The number of amides is 3. The Morgan fingerprint density at radius 1 is 1.35 bits per heavy atom. The molecule has 0 bridgehead atoms. The van der Waals surface area contributed by atoms with Crippen LogP contribution in [-0.4, -0.2) is 91.4 Å². The van der Waals surface area contributed by atoms with E-state index in [9.17, 15) is 14.4 Å². The monoisotopic (exact) mass is 326 g/mol. The standard InChI is InChI=1S/C15H26N4O4/c1-17(10-13(16)20)8-12-9-19(6-7-23-12)15(22)11-18-5-3-2-4-14(18)21/h12H,2-11H2,1H3,(H2,16,20)/t12-/m1/s1. The number of nitrogens with two attached hydrogens (primary N) is 1. The van der Waals surface area contributed by atoms with Gasteiger partial charge in [-0.15, -0.1) is 0 Å². The highest BCUT2D eigenvalue weighted by Crippen LogP contribution is 2.12. The van der Waals surface area contributed by atoms with Gasteiger partial charge in [-0.25, -0.2) is 0 Å². The largest absolute Gasteiger partial charge is 0.373 e. The van der Waals surface area contributed by atoms with E-state index in [-0.39, 0.29) is 36.9 Å². The van der Waals surface area contributed by atoms with Crippen LogP contribution in [0.25, 0.3) is 0 Å². The van der Waals surface area contributed by atoms with E-state index in [1.54, 1.807) is 21.7 Å². The number of rotatable bonds is 6. The van der Waals surface area contributed by atoms with Crippen molar-refractivity contribution in [1.29, 1.82) is 0 Å². The van der Waals surface area contributed by atoms with Gasteiger partial charge in [0.15, 0.2) is 0 Å². The number of ether oxygens (including phenoxy) is 1. The van der Waals surface area contributed by atoms with Crippen molar-refractivity contribution >= 4 is 17.7 Å². The summed E-state index contributed by atoms with van der Waals surface area (Å²) < 4.78 is 5.65. The topological polar surface area (TPSA) is 96.2 Å². The number of likely N-dealkylation sites (N-methyl/N-ethyl adjacent to an activating group) is 1.